The first-order valence-corrected chi connectivity index (χ1v) is 4.63. The van der Waals surface area contributed by atoms with Gasteiger partial charge in [-0.1, -0.05) is 0 Å². The van der Waals surface area contributed by atoms with Gasteiger partial charge in [0.2, 0.25) is 10.7 Å². The highest BCUT2D eigenvalue weighted by Gasteiger charge is 2.12. The molecule has 0 fully saturated rings. The van der Waals surface area contributed by atoms with Crippen LogP contribution in [0.25, 0.3) is 5.65 Å². The van der Waals surface area contributed by atoms with Crippen LogP contribution in [-0.4, -0.2) is 24.3 Å². The lowest BCUT2D eigenvalue weighted by Crippen LogP contribution is -2.08. The summed E-state index contributed by atoms with van der Waals surface area (Å²) in [7, 11) is 0. The van der Waals surface area contributed by atoms with E-state index in [1.807, 2.05) is 0 Å². The summed E-state index contributed by atoms with van der Waals surface area (Å²) in [5, 5.41) is 13.5. The van der Waals surface area contributed by atoms with E-state index >= 15 is 0 Å². The van der Waals surface area contributed by atoms with Crippen LogP contribution in [-0.2, 0) is 0 Å². The molecule has 7 nitrogen and oxygen atoms in total. The minimum atomic E-state index is -0.807. The maximum atomic E-state index is 9.51. The highest BCUT2D eigenvalue weighted by atomic mass is 32.1. The lowest BCUT2D eigenvalue weighted by Gasteiger charge is -2.07. The second-order valence-corrected chi connectivity index (χ2v) is 3.46. The monoisotopic (exact) mass is 226 g/mol. The molecule has 0 saturated heterocycles. The number of aliphatic hydroxyl groups excluding tert-OH is 1. The molecule has 0 aliphatic rings. The summed E-state index contributed by atoms with van der Waals surface area (Å²) in [4.78, 5) is 3.86. The van der Waals surface area contributed by atoms with Crippen molar-refractivity contribution in [2.75, 3.05) is 11.5 Å². The predicted molar refractivity (Wildman–Crippen MR) is 57.6 cm³/mol. The van der Waals surface area contributed by atoms with Gasteiger partial charge in [0.05, 0.1) is 0 Å². The second-order valence-electron chi connectivity index (χ2n) is 3.09. The first kappa shape index (κ1) is 9.87. The summed E-state index contributed by atoms with van der Waals surface area (Å²) in [5.74, 6) is 0.422. The van der Waals surface area contributed by atoms with Crippen molar-refractivity contribution in [1.29, 1.82) is 0 Å². The van der Waals surface area contributed by atoms with Gasteiger partial charge in [0.25, 0.3) is 0 Å². The smallest absolute Gasteiger partial charge is 0.224 e. The van der Waals surface area contributed by atoms with Gasteiger partial charge in [0, 0.05) is 6.07 Å². The molecule has 80 valence electrons. The molecule has 1 unspecified atom stereocenters. The van der Waals surface area contributed by atoms with Crippen molar-refractivity contribution in [3.8, 4) is 0 Å². The van der Waals surface area contributed by atoms with Crippen molar-refractivity contribution < 1.29 is 5.11 Å². The van der Waals surface area contributed by atoms with Crippen molar-refractivity contribution in [3.63, 3.8) is 0 Å². The van der Waals surface area contributed by atoms with E-state index in [2.05, 4.69) is 10.1 Å². The Morgan fingerprint density at radius 3 is 2.80 bits per heavy atom. The Labute approximate surface area is 89.9 Å². The van der Waals surface area contributed by atoms with Crippen LogP contribution in [0.3, 0.4) is 0 Å². The Balaban J connectivity index is 2.93. The molecule has 15 heavy (non-hydrogen) atoms. The Hall–Kier alpha value is -1.67. The zero-order valence-corrected chi connectivity index (χ0v) is 8.77. The third-order valence-electron chi connectivity index (χ3n) is 1.97. The van der Waals surface area contributed by atoms with Gasteiger partial charge >= 0.3 is 0 Å². The molecule has 0 aliphatic heterocycles. The van der Waals surface area contributed by atoms with Crippen LogP contribution >= 0.6 is 12.2 Å². The molecule has 5 N–H and O–H groups in total. The molecular weight excluding hydrogens is 216 g/mol. The predicted octanol–water partition coefficient (Wildman–Crippen LogP) is -0.0645. The minimum Gasteiger partial charge on any atom is -0.383 e. The third kappa shape index (κ3) is 1.43. The molecule has 0 amide bonds. The SMILES string of the molecule is CC(O)n1c(N)nn2c(=S)nc(N)cc12. The lowest BCUT2D eigenvalue weighted by molar-refractivity contribution is 0.131. The number of nitrogens with zero attached hydrogens (tertiary/aromatic N) is 4. The molecule has 1 atom stereocenters. The highest BCUT2D eigenvalue weighted by molar-refractivity contribution is 7.71. The standard InChI is InChI=1S/C7H10N6OS/c1-3(14)12-5-2-4(8)10-7(15)13(5)11-6(12)9/h2-3,14H,1H3,(H2,9,11)(H2,8,10,15). The quantitative estimate of drug-likeness (QED) is 0.588. The maximum absolute atomic E-state index is 9.51. The Bertz CT molecular complexity index is 571. The summed E-state index contributed by atoms with van der Waals surface area (Å²) < 4.78 is 2.97. The largest absolute Gasteiger partial charge is 0.383 e. The van der Waals surface area contributed by atoms with Gasteiger partial charge in [-0.25, -0.2) is 4.98 Å². The van der Waals surface area contributed by atoms with Gasteiger partial charge in [0.1, 0.15) is 17.7 Å². The van der Waals surface area contributed by atoms with Crippen molar-refractivity contribution in [2.24, 2.45) is 0 Å². The summed E-state index contributed by atoms with van der Waals surface area (Å²) in [6, 6.07) is 1.55. The average Bonchev–Trinajstić information content (AvgIpc) is 2.41. The number of aliphatic hydroxyl groups is 1. The van der Waals surface area contributed by atoms with Crippen LogP contribution < -0.4 is 11.5 Å². The molecule has 0 saturated carbocycles. The first-order chi connectivity index (χ1) is 7.00. The van der Waals surface area contributed by atoms with Crippen molar-refractivity contribution >= 4 is 29.6 Å². The van der Waals surface area contributed by atoms with Gasteiger partial charge in [-0.3, -0.25) is 4.57 Å². The van der Waals surface area contributed by atoms with Crippen molar-refractivity contribution in [2.45, 2.75) is 13.2 Å². The summed E-state index contributed by atoms with van der Waals surface area (Å²) in [6.45, 7) is 1.57. The van der Waals surface area contributed by atoms with Gasteiger partial charge in [0.15, 0.2) is 0 Å². The van der Waals surface area contributed by atoms with Crippen LogP contribution in [0.15, 0.2) is 6.07 Å². The minimum absolute atomic E-state index is 0.156. The molecule has 0 radical (unpaired) electrons. The van der Waals surface area contributed by atoms with Crippen LogP contribution in [0.5, 0.6) is 0 Å². The Morgan fingerprint density at radius 1 is 1.53 bits per heavy atom. The molecule has 2 aromatic rings. The topological polar surface area (TPSA) is 107 Å². The molecule has 0 bridgehead atoms. The molecular formula is C7H10N6OS. The van der Waals surface area contributed by atoms with E-state index in [9.17, 15) is 5.11 Å². The van der Waals surface area contributed by atoms with E-state index in [1.165, 1.54) is 9.08 Å². The fourth-order valence-corrected chi connectivity index (χ4v) is 1.64. The van der Waals surface area contributed by atoms with E-state index in [0.29, 0.717) is 5.65 Å². The van der Waals surface area contributed by atoms with E-state index in [0.717, 1.165) is 0 Å². The molecule has 0 aliphatic carbocycles. The number of fused-ring (bicyclic) bond motifs is 1. The zero-order valence-electron chi connectivity index (χ0n) is 7.95. The van der Waals surface area contributed by atoms with E-state index in [-0.39, 0.29) is 16.5 Å². The third-order valence-corrected chi connectivity index (χ3v) is 2.23. The van der Waals surface area contributed by atoms with Gasteiger partial charge in [-0.2, -0.15) is 4.52 Å². The molecule has 8 heteroatoms. The first-order valence-electron chi connectivity index (χ1n) is 4.22. The number of aromatic nitrogens is 4. The number of anilines is 2. The maximum Gasteiger partial charge on any atom is 0.224 e. The normalized spacial score (nSPS) is 13.2. The van der Waals surface area contributed by atoms with Gasteiger partial charge in [-0.05, 0) is 19.1 Å². The molecule has 2 rings (SSSR count). The number of hydrogen-bond donors (Lipinski definition) is 3. The number of rotatable bonds is 1. The Morgan fingerprint density at radius 2 is 2.20 bits per heavy atom. The molecule has 2 heterocycles. The Kier molecular flexibility index (Phi) is 2.09. The highest BCUT2D eigenvalue weighted by Crippen LogP contribution is 2.16. The van der Waals surface area contributed by atoms with E-state index in [1.54, 1.807) is 13.0 Å². The van der Waals surface area contributed by atoms with Crippen LogP contribution in [0.4, 0.5) is 11.8 Å². The van der Waals surface area contributed by atoms with Crippen molar-refractivity contribution in [1.82, 2.24) is 19.2 Å². The summed E-state index contributed by atoms with van der Waals surface area (Å²) in [6.07, 6.45) is -0.807. The van der Waals surface area contributed by atoms with Crippen molar-refractivity contribution in [3.05, 3.63) is 10.8 Å². The number of nitrogens with two attached hydrogens (primary N) is 2. The van der Waals surface area contributed by atoms with Crippen LogP contribution in [0.1, 0.15) is 13.2 Å². The molecule has 2 aromatic heterocycles. The summed E-state index contributed by atoms with van der Waals surface area (Å²) >= 11 is 4.96. The molecule has 0 spiro atoms. The van der Waals surface area contributed by atoms with Crippen LogP contribution in [0, 0.1) is 4.77 Å². The fraction of sp³-hybridized carbons (Fsp3) is 0.286. The van der Waals surface area contributed by atoms with Crippen LogP contribution in [0.2, 0.25) is 0 Å². The fourth-order valence-electron chi connectivity index (χ4n) is 1.40. The van der Waals surface area contributed by atoms with Gasteiger partial charge in [-0.15, -0.1) is 5.10 Å². The molecule has 0 aromatic carbocycles. The summed E-state index contributed by atoms with van der Waals surface area (Å²) in [5.41, 5.74) is 11.7. The number of nitrogen functional groups attached to an aromatic ring is 2. The lowest BCUT2D eigenvalue weighted by atomic mass is 10.5. The number of hydrogen-bond acceptors (Lipinski definition) is 6. The average molecular weight is 226 g/mol. The zero-order chi connectivity index (χ0) is 11.2. The second kappa shape index (κ2) is 3.17. The van der Waals surface area contributed by atoms with E-state index in [4.69, 9.17) is 23.7 Å². The van der Waals surface area contributed by atoms with Gasteiger partial charge < -0.3 is 16.6 Å². The van der Waals surface area contributed by atoms with E-state index < -0.39 is 6.23 Å².